The van der Waals surface area contributed by atoms with E-state index in [9.17, 15) is 14.7 Å². The maximum absolute atomic E-state index is 11.9. The van der Waals surface area contributed by atoms with Gasteiger partial charge in [-0.2, -0.15) is 0 Å². The molecule has 4 heteroatoms. The van der Waals surface area contributed by atoms with Crippen LogP contribution in [0.25, 0.3) is 0 Å². The fourth-order valence-corrected chi connectivity index (χ4v) is 3.86. The average Bonchev–Trinajstić information content (AvgIpc) is 2.67. The molecule has 0 amide bonds. The Hall–Kier alpha value is -1.32. The molecule has 0 aromatic carbocycles. The fraction of sp³-hybridized carbons (Fsp3) is 0.667. The van der Waals surface area contributed by atoms with E-state index in [1.54, 1.807) is 0 Å². The van der Waals surface area contributed by atoms with Gasteiger partial charge < -0.3 is 9.84 Å². The van der Waals surface area contributed by atoms with Crippen molar-refractivity contribution in [3.05, 3.63) is 12.2 Å². The van der Waals surface area contributed by atoms with E-state index >= 15 is 0 Å². The largest absolute Gasteiger partial charge is 0.481 e. The van der Waals surface area contributed by atoms with Gasteiger partial charge in [-0.25, -0.2) is 0 Å². The monoisotopic (exact) mass is 222 g/mol. The van der Waals surface area contributed by atoms with Gasteiger partial charge in [-0.3, -0.25) is 9.59 Å². The molecule has 0 radical (unpaired) electrons. The van der Waals surface area contributed by atoms with Crippen LogP contribution >= 0.6 is 0 Å². The minimum atomic E-state index is -0.874. The van der Waals surface area contributed by atoms with Crippen molar-refractivity contribution in [1.82, 2.24) is 0 Å². The maximum Gasteiger partial charge on any atom is 0.310 e. The summed E-state index contributed by atoms with van der Waals surface area (Å²) < 4.78 is 5.38. The predicted octanol–water partition coefficient (Wildman–Crippen LogP) is 1.07. The molecule has 1 saturated carbocycles. The molecule has 86 valence electrons. The maximum atomic E-state index is 11.9. The zero-order chi connectivity index (χ0) is 11.7. The van der Waals surface area contributed by atoms with E-state index in [1.807, 2.05) is 26.0 Å². The van der Waals surface area contributed by atoms with Crippen LogP contribution in [0.2, 0.25) is 0 Å². The van der Waals surface area contributed by atoms with Gasteiger partial charge in [0.15, 0.2) is 0 Å². The lowest BCUT2D eigenvalue weighted by atomic mass is 9.78. The summed E-state index contributed by atoms with van der Waals surface area (Å²) in [7, 11) is 0. The zero-order valence-corrected chi connectivity index (χ0v) is 9.21. The minimum absolute atomic E-state index is 0.0473. The van der Waals surface area contributed by atoms with Crippen molar-refractivity contribution in [2.24, 2.45) is 29.6 Å². The average molecular weight is 222 g/mol. The van der Waals surface area contributed by atoms with E-state index in [2.05, 4.69) is 0 Å². The topological polar surface area (TPSA) is 63.6 Å². The molecule has 1 heterocycles. The van der Waals surface area contributed by atoms with Crippen molar-refractivity contribution in [2.75, 3.05) is 0 Å². The zero-order valence-electron chi connectivity index (χ0n) is 9.21. The Morgan fingerprint density at radius 1 is 1.38 bits per heavy atom. The van der Waals surface area contributed by atoms with Crippen molar-refractivity contribution in [1.29, 1.82) is 0 Å². The number of carbonyl (C=O) groups is 2. The van der Waals surface area contributed by atoms with Crippen molar-refractivity contribution in [2.45, 2.75) is 19.4 Å². The SMILES string of the molecule is CC1(C)OC(=O)[C@@H]2[C@H]3C=C[C@H]([C@@H]2C(=O)O)[C@@H]31. The smallest absolute Gasteiger partial charge is 0.310 e. The molecule has 5 atom stereocenters. The fourth-order valence-electron chi connectivity index (χ4n) is 3.86. The summed E-state index contributed by atoms with van der Waals surface area (Å²) in [6, 6.07) is 0. The van der Waals surface area contributed by atoms with Crippen LogP contribution in [0.4, 0.5) is 0 Å². The lowest BCUT2D eigenvalue weighted by molar-refractivity contribution is -0.179. The first-order valence-corrected chi connectivity index (χ1v) is 5.57. The van der Waals surface area contributed by atoms with Crippen LogP contribution in [0.5, 0.6) is 0 Å². The molecule has 1 aliphatic heterocycles. The first kappa shape index (κ1) is 9.87. The third-order valence-corrected chi connectivity index (χ3v) is 4.32. The highest BCUT2D eigenvalue weighted by Gasteiger charge is 2.66. The van der Waals surface area contributed by atoms with Gasteiger partial charge in [-0.15, -0.1) is 0 Å². The molecule has 3 rings (SSSR count). The first-order chi connectivity index (χ1) is 7.43. The number of ether oxygens (including phenoxy) is 1. The number of hydrogen-bond donors (Lipinski definition) is 1. The summed E-state index contributed by atoms with van der Waals surface area (Å²) in [5.74, 6) is -2.13. The van der Waals surface area contributed by atoms with Crippen LogP contribution in [-0.4, -0.2) is 22.6 Å². The number of allylic oxidation sites excluding steroid dienone is 2. The Morgan fingerprint density at radius 3 is 2.62 bits per heavy atom. The molecule has 0 spiro atoms. The third kappa shape index (κ3) is 0.950. The quantitative estimate of drug-likeness (QED) is 0.532. The van der Waals surface area contributed by atoms with Crippen LogP contribution < -0.4 is 0 Å². The van der Waals surface area contributed by atoms with Gasteiger partial charge in [0, 0.05) is 5.92 Å². The summed E-state index contributed by atoms with van der Waals surface area (Å²) in [5, 5.41) is 9.23. The van der Waals surface area contributed by atoms with Gasteiger partial charge in [-0.1, -0.05) is 12.2 Å². The summed E-state index contributed by atoms with van der Waals surface area (Å²) in [4.78, 5) is 23.1. The van der Waals surface area contributed by atoms with Crippen LogP contribution in [0.15, 0.2) is 12.2 Å². The second-order valence-electron chi connectivity index (χ2n) is 5.48. The second-order valence-corrected chi connectivity index (χ2v) is 5.48. The number of carbonyl (C=O) groups excluding carboxylic acids is 1. The number of carboxylic acids is 1. The molecule has 0 unspecified atom stereocenters. The van der Waals surface area contributed by atoms with Gasteiger partial charge in [0.05, 0.1) is 11.8 Å². The number of esters is 1. The molecule has 2 aliphatic carbocycles. The van der Waals surface area contributed by atoms with E-state index in [-0.39, 0.29) is 23.7 Å². The van der Waals surface area contributed by atoms with E-state index in [4.69, 9.17) is 4.74 Å². The number of aliphatic carboxylic acids is 1. The first-order valence-electron chi connectivity index (χ1n) is 5.57. The molecule has 0 aromatic heterocycles. The highest BCUT2D eigenvalue weighted by atomic mass is 16.6. The van der Waals surface area contributed by atoms with Gasteiger partial charge in [0.1, 0.15) is 5.60 Å². The normalized spacial score (nSPS) is 46.9. The van der Waals surface area contributed by atoms with E-state index < -0.39 is 23.4 Å². The number of rotatable bonds is 1. The molecular weight excluding hydrogens is 208 g/mol. The minimum Gasteiger partial charge on any atom is -0.481 e. The Kier molecular flexibility index (Phi) is 1.65. The highest BCUT2D eigenvalue weighted by Crippen LogP contribution is 2.60. The van der Waals surface area contributed by atoms with Crippen molar-refractivity contribution in [3.63, 3.8) is 0 Å². The van der Waals surface area contributed by atoms with Gasteiger partial charge in [-0.05, 0) is 25.7 Å². The van der Waals surface area contributed by atoms with Crippen molar-refractivity contribution >= 4 is 11.9 Å². The molecular formula is C12H14O4. The van der Waals surface area contributed by atoms with E-state index in [1.165, 1.54) is 0 Å². The van der Waals surface area contributed by atoms with Gasteiger partial charge in [0.25, 0.3) is 0 Å². The van der Waals surface area contributed by atoms with Crippen molar-refractivity contribution in [3.8, 4) is 0 Å². The summed E-state index contributed by atoms with van der Waals surface area (Å²) >= 11 is 0. The van der Waals surface area contributed by atoms with E-state index in [0.717, 1.165) is 0 Å². The highest BCUT2D eigenvalue weighted by molar-refractivity contribution is 5.85. The Labute approximate surface area is 93.3 Å². The lowest BCUT2D eigenvalue weighted by Crippen LogP contribution is -2.46. The second kappa shape index (κ2) is 2.67. The van der Waals surface area contributed by atoms with E-state index in [0.29, 0.717) is 0 Å². The van der Waals surface area contributed by atoms with Crippen molar-refractivity contribution < 1.29 is 19.4 Å². The molecule has 3 aliphatic rings. The molecule has 2 fully saturated rings. The summed E-state index contributed by atoms with van der Waals surface area (Å²) in [6.07, 6.45) is 3.95. The third-order valence-electron chi connectivity index (χ3n) is 4.32. The molecule has 1 N–H and O–H groups in total. The van der Waals surface area contributed by atoms with Crippen LogP contribution in [0.3, 0.4) is 0 Å². The van der Waals surface area contributed by atoms with Gasteiger partial charge in [0.2, 0.25) is 0 Å². The standard InChI is InChI=1S/C12H14O4/c1-12(2)9-5-3-4-6(9)8(11(15)16-12)7(5)10(13)14/h3-9H,1-2H3,(H,13,14)/t5-,6-,7+,8-,9+/m1/s1. The Bertz CT molecular complexity index is 409. The summed E-state index contributed by atoms with van der Waals surface area (Å²) in [5.41, 5.74) is -0.545. The molecule has 0 aromatic rings. The van der Waals surface area contributed by atoms with Crippen LogP contribution in [0, 0.1) is 29.6 Å². The van der Waals surface area contributed by atoms with Crippen LogP contribution in [0.1, 0.15) is 13.8 Å². The predicted molar refractivity (Wildman–Crippen MR) is 54.4 cm³/mol. The van der Waals surface area contributed by atoms with Gasteiger partial charge >= 0.3 is 11.9 Å². The number of carboxylic acid groups (broad SMARTS) is 1. The summed E-state index contributed by atoms with van der Waals surface area (Å²) in [6.45, 7) is 3.76. The van der Waals surface area contributed by atoms with Crippen LogP contribution in [-0.2, 0) is 14.3 Å². The molecule has 1 saturated heterocycles. The molecule has 16 heavy (non-hydrogen) atoms. The number of hydrogen-bond acceptors (Lipinski definition) is 3. The molecule has 4 bridgehead atoms. The Balaban J connectivity index is 2.10. The Morgan fingerprint density at radius 2 is 2.00 bits per heavy atom. The molecule has 4 nitrogen and oxygen atoms in total. The lowest BCUT2D eigenvalue weighted by Gasteiger charge is -2.39. The number of cyclic esters (lactones) is 1.